The van der Waals surface area contributed by atoms with Crippen LogP contribution < -0.4 is 4.31 Å². The van der Waals surface area contributed by atoms with Gasteiger partial charge in [0.15, 0.2) is 0 Å². The first kappa shape index (κ1) is 8.41. The molecule has 0 saturated heterocycles. The lowest BCUT2D eigenvalue weighted by Crippen LogP contribution is -2.24. The molecule has 0 spiro atoms. The number of nitrogens with zero attached hydrogens (tertiary/aromatic N) is 3. The zero-order valence-electron chi connectivity index (χ0n) is 6.05. The van der Waals surface area contributed by atoms with Crippen molar-refractivity contribution in [2.45, 2.75) is 0 Å². The molecule has 0 unspecified atom stereocenters. The van der Waals surface area contributed by atoms with Gasteiger partial charge in [-0.05, 0) is 0 Å². The predicted octanol–water partition coefficient (Wildman–Crippen LogP) is -0.0661. The first-order valence-electron chi connectivity index (χ1n) is 2.72. The maximum Gasteiger partial charge on any atom is 0.233 e. The van der Waals surface area contributed by atoms with Crippen LogP contribution in [0.25, 0.3) is 0 Å². The highest BCUT2D eigenvalue weighted by Gasteiger charge is 2.13. The quantitative estimate of drug-likeness (QED) is 0.659. The van der Waals surface area contributed by atoms with E-state index < -0.39 is 10.0 Å². The van der Waals surface area contributed by atoms with E-state index in [0.717, 1.165) is 10.6 Å². The monoisotopic (exact) mass is 193 g/mol. The van der Waals surface area contributed by atoms with Crippen LogP contribution in [0.5, 0.6) is 0 Å². The van der Waals surface area contributed by atoms with Crippen LogP contribution in [0.1, 0.15) is 0 Å². The summed E-state index contributed by atoms with van der Waals surface area (Å²) >= 11 is 1.18. The van der Waals surface area contributed by atoms with Crippen molar-refractivity contribution in [3.8, 4) is 0 Å². The molecule has 0 aliphatic heterocycles. The molecule has 1 aromatic rings. The van der Waals surface area contributed by atoms with Crippen LogP contribution in [0.2, 0.25) is 0 Å². The summed E-state index contributed by atoms with van der Waals surface area (Å²) in [5.74, 6) is 0. The fraction of sp³-hybridized carbons (Fsp3) is 0.500. The van der Waals surface area contributed by atoms with Gasteiger partial charge in [-0.1, -0.05) is 11.3 Å². The van der Waals surface area contributed by atoms with Gasteiger partial charge < -0.3 is 0 Å². The second kappa shape index (κ2) is 2.74. The molecule has 11 heavy (non-hydrogen) atoms. The standard InChI is InChI=1S/C4H7N3O2S2/c1-7(11(2,8)9)4-6-5-3-10-4/h3H,1-2H3. The van der Waals surface area contributed by atoms with E-state index in [2.05, 4.69) is 10.2 Å². The van der Waals surface area contributed by atoms with E-state index in [1.54, 1.807) is 0 Å². The molecule has 1 rings (SSSR count). The Bertz CT molecular complexity index is 317. The lowest BCUT2D eigenvalue weighted by Gasteiger charge is -2.10. The summed E-state index contributed by atoms with van der Waals surface area (Å²) in [6.07, 6.45) is 1.12. The van der Waals surface area contributed by atoms with Gasteiger partial charge in [0.25, 0.3) is 0 Å². The third-order valence-corrected chi connectivity index (χ3v) is 3.16. The summed E-state index contributed by atoms with van der Waals surface area (Å²) in [6, 6.07) is 0. The Kier molecular flexibility index (Phi) is 2.10. The first-order chi connectivity index (χ1) is 5.02. The largest absolute Gasteiger partial charge is 0.247 e. The van der Waals surface area contributed by atoms with Gasteiger partial charge in [0.1, 0.15) is 5.51 Å². The molecule has 1 heterocycles. The number of rotatable bonds is 2. The molecule has 0 aromatic carbocycles. The Balaban J connectivity index is 2.97. The minimum Gasteiger partial charge on any atom is -0.247 e. The van der Waals surface area contributed by atoms with Crippen LogP contribution in [0, 0.1) is 0 Å². The van der Waals surface area contributed by atoms with Crippen LogP contribution in [-0.4, -0.2) is 31.9 Å². The van der Waals surface area contributed by atoms with E-state index in [0.29, 0.717) is 5.13 Å². The summed E-state index contributed by atoms with van der Waals surface area (Å²) in [6.45, 7) is 0. The molecule has 0 fully saturated rings. The number of anilines is 1. The molecule has 0 N–H and O–H groups in total. The minimum atomic E-state index is -3.18. The van der Waals surface area contributed by atoms with E-state index in [-0.39, 0.29) is 0 Å². The van der Waals surface area contributed by atoms with E-state index in [1.807, 2.05) is 0 Å². The fourth-order valence-electron chi connectivity index (χ4n) is 0.446. The van der Waals surface area contributed by atoms with Crippen LogP contribution >= 0.6 is 11.3 Å². The average Bonchev–Trinajstić information content (AvgIpc) is 2.34. The van der Waals surface area contributed by atoms with Gasteiger partial charge in [0.2, 0.25) is 15.2 Å². The molecule has 0 amide bonds. The molecule has 0 bridgehead atoms. The van der Waals surface area contributed by atoms with Crippen molar-refractivity contribution in [2.75, 3.05) is 17.6 Å². The Hall–Kier alpha value is -0.690. The van der Waals surface area contributed by atoms with Gasteiger partial charge in [-0.25, -0.2) is 12.7 Å². The van der Waals surface area contributed by atoms with Gasteiger partial charge in [-0.2, -0.15) is 0 Å². The van der Waals surface area contributed by atoms with Crippen LogP contribution in [0.3, 0.4) is 0 Å². The lowest BCUT2D eigenvalue weighted by atomic mass is 11.1. The normalized spacial score (nSPS) is 11.5. The molecule has 7 heteroatoms. The van der Waals surface area contributed by atoms with Gasteiger partial charge in [0.05, 0.1) is 6.26 Å². The molecule has 5 nitrogen and oxygen atoms in total. The molecule has 62 valence electrons. The van der Waals surface area contributed by atoms with Crippen LogP contribution in [-0.2, 0) is 10.0 Å². The first-order valence-corrected chi connectivity index (χ1v) is 5.44. The highest BCUT2D eigenvalue weighted by atomic mass is 32.2. The highest BCUT2D eigenvalue weighted by Crippen LogP contribution is 2.15. The lowest BCUT2D eigenvalue weighted by molar-refractivity contribution is 0.600. The summed E-state index contributed by atoms with van der Waals surface area (Å²) < 4.78 is 22.9. The number of hydrogen-bond acceptors (Lipinski definition) is 5. The second-order valence-electron chi connectivity index (χ2n) is 1.95. The Morgan fingerprint density at radius 2 is 2.27 bits per heavy atom. The van der Waals surface area contributed by atoms with Crippen molar-refractivity contribution in [3.63, 3.8) is 0 Å². The van der Waals surface area contributed by atoms with Gasteiger partial charge >= 0.3 is 0 Å². The molecule has 0 radical (unpaired) electrons. The molecule has 0 aliphatic rings. The molecule has 1 aromatic heterocycles. The smallest absolute Gasteiger partial charge is 0.233 e. The summed E-state index contributed by atoms with van der Waals surface area (Å²) in [4.78, 5) is 0. The Morgan fingerprint density at radius 3 is 2.64 bits per heavy atom. The number of aromatic nitrogens is 2. The van der Waals surface area contributed by atoms with Crippen molar-refractivity contribution in [3.05, 3.63) is 5.51 Å². The van der Waals surface area contributed by atoms with Gasteiger partial charge in [-0.3, -0.25) is 0 Å². The van der Waals surface area contributed by atoms with E-state index >= 15 is 0 Å². The third kappa shape index (κ3) is 1.87. The van der Waals surface area contributed by atoms with E-state index in [9.17, 15) is 8.42 Å². The fourth-order valence-corrected chi connectivity index (χ4v) is 1.73. The Labute approximate surface area is 68.7 Å². The van der Waals surface area contributed by atoms with Crippen molar-refractivity contribution in [1.29, 1.82) is 0 Å². The summed E-state index contributed by atoms with van der Waals surface area (Å²) in [5, 5.41) is 7.50. The average molecular weight is 193 g/mol. The van der Waals surface area contributed by atoms with Crippen molar-refractivity contribution < 1.29 is 8.42 Å². The Morgan fingerprint density at radius 1 is 1.64 bits per heavy atom. The molecule has 0 saturated carbocycles. The highest BCUT2D eigenvalue weighted by molar-refractivity contribution is 7.92. The third-order valence-electron chi connectivity index (χ3n) is 1.12. The topological polar surface area (TPSA) is 63.2 Å². The van der Waals surface area contributed by atoms with E-state index in [4.69, 9.17) is 0 Å². The molecule has 0 atom stereocenters. The van der Waals surface area contributed by atoms with Crippen molar-refractivity contribution >= 4 is 26.5 Å². The zero-order valence-corrected chi connectivity index (χ0v) is 7.68. The molecular formula is C4H7N3O2S2. The minimum absolute atomic E-state index is 0.382. The molecular weight excluding hydrogens is 186 g/mol. The van der Waals surface area contributed by atoms with Crippen molar-refractivity contribution in [1.82, 2.24) is 10.2 Å². The van der Waals surface area contributed by atoms with Crippen LogP contribution in [0.4, 0.5) is 5.13 Å². The zero-order chi connectivity index (χ0) is 8.48. The van der Waals surface area contributed by atoms with Gasteiger partial charge in [-0.15, -0.1) is 10.2 Å². The predicted molar refractivity (Wildman–Crippen MR) is 43.2 cm³/mol. The second-order valence-corrected chi connectivity index (χ2v) is 4.78. The van der Waals surface area contributed by atoms with Crippen LogP contribution in [0.15, 0.2) is 5.51 Å². The summed E-state index contributed by atoms with van der Waals surface area (Å²) in [5.41, 5.74) is 1.48. The van der Waals surface area contributed by atoms with Crippen molar-refractivity contribution in [2.24, 2.45) is 0 Å². The number of hydrogen-bond donors (Lipinski definition) is 0. The SMILES string of the molecule is CN(c1nncs1)S(C)(=O)=O. The van der Waals surface area contributed by atoms with Gasteiger partial charge in [0, 0.05) is 7.05 Å². The maximum absolute atomic E-state index is 10.9. The number of sulfonamides is 1. The molecule has 0 aliphatic carbocycles. The summed E-state index contributed by atoms with van der Waals surface area (Å²) in [7, 11) is -1.74. The van der Waals surface area contributed by atoms with E-state index in [1.165, 1.54) is 23.9 Å². The maximum atomic E-state index is 10.9.